The molecule has 1 heterocycles. The standard InChI is InChI=1S/C23H37N3O6/c1-9-14-12-23(14,19(29)30)25-17(27)15-13(2)10-11-26(15)18(28)16(21(3,4)5)24-20(31)32-22(6,7)8/h9,13-16H,1,10-12H2,2-8H3,(H,24,31)(H,25,27)(H,29,30)/t13?,14-,15+,16-,23-/m1/s1. The highest BCUT2D eigenvalue weighted by Crippen LogP contribution is 2.45. The topological polar surface area (TPSA) is 125 Å². The lowest BCUT2D eigenvalue weighted by atomic mass is 9.85. The van der Waals surface area contributed by atoms with Crippen molar-refractivity contribution in [1.29, 1.82) is 0 Å². The minimum absolute atomic E-state index is 0.159. The van der Waals surface area contributed by atoms with Crippen molar-refractivity contribution in [1.82, 2.24) is 15.5 Å². The molecule has 0 radical (unpaired) electrons. The third-order valence-electron chi connectivity index (χ3n) is 6.05. The van der Waals surface area contributed by atoms with E-state index in [2.05, 4.69) is 17.2 Å². The monoisotopic (exact) mass is 451 g/mol. The van der Waals surface area contributed by atoms with Gasteiger partial charge >= 0.3 is 12.1 Å². The van der Waals surface area contributed by atoms with Crippen LogP contribution in [0.1, 0.15) is 61.3 Å². The molecule has 32 heavy (non-hydrogen) atoms. The first-order valence-electron chi connectivity index (χ1n) is 11.0. The molecule has 9 heteroatoms. The van der Waals surface area contributed by atoms with E-state index in [-0.39, 0.29) is 18.3 Å². The first-order valence-corrected chi connectivity index (χ1v) is 11.0. The average Bonchev–Trinajstić information content (AvgIpc) is 3.21. The second kappa shape index (κ2) is 8.75. The van der Waals surface area contributed by atoms with Crippen LogP contribution in [0, 0.1) is 17.3 Å². The Morgan fingerprint density at radius 3 is 2.22 bits per heavy atom. The number of aliphatic carboxylic acids is 1. The number of nitrogens with zero attached hydrogens (tertiary/aromatic N) is 1. The van der Waals surface area contributed by atoms with Crippen LogP contribution in [0.25, 0.3) is 0 Å². The Labute approximate surface area is 189 Å². The summed E-state index contributed by atoms with van der Waals surface area (Å²) in [7, 11) is 0. The Bertz CT molecular complexity index is 797. The van der Waals surface area contributed by atoms with E-state index in [9.17, 15) is 24.3 Å². The smallest absolute Gasteiger partial charge is 0.408 e. The third kappa shape index (κ3) is 5.42. The molecule has 0 aromatic carbocycles. The number of rotatable bonds is 6. The van der Waals surface area contributed by atoms with E-state index in [0.29, 0.717) is 13.0 Å². The zero-order valence-electron chi connectivity index (χ0n) is 20.2. The molecule has 0 bridgehead atoms. The number of amides is 3. The summed E-state index contributed by atoms with van der Waals surface area (Å²) in [4.78, 5) is 52.3. The summed E-state index contributed by atoms with van der Waals surface area (Å²) in [5, 5.41) is 14.9. The van der Waals surface area contributed by atoms with Crippen molar-refractivity contribution in [2.24, 2.45) is 17.3 Å². The Morgan fingerprint density at radius 2 is 1.78 bits per heavy atom. The van der Waals surface area contributed by atoms with Gasteiger partial charge in [-0.15, -0.1) is 6.58 Å². The first-order chi connectivity index (χ1) is 14.5. The molecular weight excluding hydrogens is 414 g/mol. The molecule has 3 N–H and O–H groups in total. The van der Waals surface area contributed by atoms with Crippen LogP contribution in [0.4, 0.5) is 4.79 Å². The summed E-state index contributed by atoms with van der Waals surface area (Å²) >= 11 is 0. The normalized spacial score (nSPS) is 28.5. The van der Waals surface area contributed by atoms with Crippen molar-refractivity contribution >= 4 is 23.9 Å². The number of hydrogen-bond acceptors (Lipinski definition) is 5. The van der Waals surface area contributed by atoms with E-state index in [4.69, 9.17) is 4.74 Å². The van der Waals surface area contributed by atoms with Crippen LogP contribution >= 0.6 is 0 Å². The molecule has 5 atom stereocenters. The van der Waals surface area contributed by atoms with Gasteiger partial charge in [-0.25, -0.2) is 9.59 Å². The van der Waals surface area contributed by atoms with Crippen LogP contribution < -0.4 is 10.6 Å². The van der Waals surface area contributed by atoms with E-state index in [1.807, 2.05) is 27.7 Å². The maximum atomic E-state index is 13.5. The van der Waals surface area contributed by atoms with Crippen molar-refractivity contribution in [2.75, 3.05) is 6.54 Å². The zero-order chi connectivity index (χ0) is 24.6. The molecule has 0 aromatic rings. The minimum atomic E-state index is -1.37. The Kier molecular flexibility index (Phi) is 7.02. The van der Waals surface area contributed by atoms with E-state index >= 15 is 0 Å². The SMILES string of the molecule is C=C[C@@H]1C[C@]1(NC(=O)[C@@H]1C(C)CCN1C(=O)[C@@H](NC(=O)OC(C)(C)C)C(C)(C)C)C(=O)O. The van der Waals surface area contributed by atoms with Crippen LogP contribution in [0.3, 0.4) is 0 Å². The average molecular weight is 452 g/mol. The van der Waals surface area contributed by atoms with Crippen LogP contribution in [-0.4, -0.2) is 63.7 Å². The third-order valence-corrected chi connectivity index (χ3v) is 6.05. The molecule has 2 fully saturated rings. The summed E-state index contributed by atoms with van der Waals surface area (Å²) in [5.74, 6) is -2.51. The van der Waals surface area contributed by atoms with Gasteiger partial charge in [0.1, 0.15) is 23.2 Å². The number of carbonyl (C=O) groups excluding carboxylic acids is 3. The summed E-state index contributed by atoms with van der Waals surface area (Å²) in [6.45, 7) is 16.5. The number of alkyl carbamates (subject to hydrolysis) is 1. The zero-order valence-corrected chi connectivity index (χ0v) is 20.2. The van der Waals surface area contributed by atoms with Gasteiger partial charge in [-0.1, -0.05) is 33.8 Å². The van der Waals surface area contributed by atoms with Crippen LogP contribution in [-0.2, 0) is 19.1 Å². The molecule has 0 aromatic heterocycles. The Balaban J connectivity index is 2.23. The lowest BCUT2D eigenvalue weighted by Gasteiger charge is -2.36. The fraction of sp³-hybridized carbons (Fsp3) is 0.739. The Hall–Kier alpha value is -2.58. The second-order valence-electron chi connectivity index (χ2n) is 11.0. The molecule has 1 saturated carbocycles. The quantitative estimate of drug-likeness (QED) is 0.532. The highest BCUT2D eigenvalue weighted by molar-refractivity contribution is 5.96. The van der Waals surface area contributed by atoms with E-state index in [1.54, 1.807) is 20.8 Å². The Morgan fingerprint density at radius 1 is 1.19 bits per heavy atom. The fourth-order valence-electron chi connectivity index (χ4n) is 4.14. The number of carboxylic acid groups (broad SMARTS) is 1. The predicted molar refractivity (Wildman–Crippen MR) is 119 cm³/mol. The molecule has 1 aliphatic heterocycles. The lowest BCUT2D eigenvalue weighted by Crippen LogP contribution is -2.60. The molecule has 0 spiro atoms. The molecule has 1 saturated heterocycles. The summed E-state index contributed by atoms with van der Waals surface area (Å²) in [6, 6.07) is -1.75. The van der Waals surface area contributed by atoms with E-state index in [1.165, 1.54) is 11.0 Å². The van der Waals surface area contributed by atoms with Gasteiger partial charge in [-0.3, -0.25) is 9.59 Å². The summed E-state index contributed by atoms with van der Waals surface area (Å²) < 4.78 is 5.32. The molecule has 1 unspecified atom stereocenters. The second-order valence-corrected chi connectivity index (χ2v) is 11.0. The van der Waals surface area contributed by atoms with Crippen LogP contribution in [0.2, 0.25) is 0 Å². The maximum Gasteiger partial charge on any atom is 0.408 e. The van der Waals surface area contributed by atoms with Gasteiger partial charge in [0.25, 0.3) is 0 Å². The number of carbonyl (C=O) groups is 4. The van der Waals surface area contributed by atoms with Crippen molar-refractivity contribution in [3.05, 3.63) is 12.7 Å². The molecule has 2 rings (SSSR count). The van der Waals surface area contributed by atoms with Crippen molar-refractivity contribution in [2.45, 2.75) is 84.5 Å². The largest absolute Gasteiger partial charge is 0.479 e. The van der Waals surface area contributed by atoms with Gasteiger partial charge in [0, 0.05) is 12.5 Å². The molecule has 9 nitrogen and oxygen atoms in total. The molecule has 2 aliphatic rings. The molecular formula is C23H37N3O6. The molecule has 180 valence electrons. The van der Waals surface area contributed by atoms with Crippen LogP contribution in [0.5, 0.6) is 0 Å². The number of nitrogens with one attached hydrogen (secondary N) is 2. The lowest BCUT2D eigenvalue weighted by molar-refractivity contribution is -0.146. The molecule has 3 amide bonds. The van der Waals surface area contributed by atoms with Crippen molar-refractivity contribution in [3.63, 3.8) is 0 Å². The maximum absolute atomic E-state index is 13.5. The predicted octanol–water partition coefficient (Wildman–Crippen LogP) is 2.31. The van der Waals surface area contributed by atoms with Gasteiger partial charge in [0.2, 0.25) is 11.8 Å². The van der Waals surface area contributed by atoms with Gasteiger partial charge in [-0.05, 0) is 44.9 Å². The number of likely N-dealkylation sites (tertiary alicyclic amines) is 1. The van der Waals surface area contributed by atoms with Gasteiger partial charge in [-0.2, -0.15) is 0 Å². The summed E-state index contributed by atoms with van der Waals surface area (Å²) in [5.41, 5.74) is -2.74. The minimum Gasteiger partial charge on any atom is -0.479 e. The fourth-order valence-corrected chi connectivity index (χ4v) is 4.14. The highest BCUT2D eigenvalue weighted by Gasteiger charge is 2.61. The van der Waals surface area contributed by atoms with Crippen LogP contribution in [0.15, 0.2) is 12.7 Å². The molecule has 1 aliphatic carbocycles. The van der Waals surface area contributed by atoms with Gasteiger partial charge in [0.05, 0.1) is 0 Å². The first kappa shape index (κ1) is 25.7. The number of hydrogen-bond donors (Lipinski definition) is 3. The summed E-state index contributed by atoms with van der Waals surface area (Å²) in [6.07, 6.45) is 1.68. The number of carboxylic acids is 1. The highest BCUT2D eigenvalue weighted by atomic mass is 16.6. The number of ether oxygens (including phenoxy) is 1. The van der Waals surface area contributed by atoms with Crippen molar-refractivity contribution < 1.29 is 29.0 Å². The van der Waals surface area contributed by atoms with E-state index < -0.39 is 52.5 Å². The van der Waals surface area contributed by atoms with Gasteiger partial charge < -0.3 is 25.4 Å². The van der Waals surface area contributed by atoms with Gasteiger partial charge in [0.15, 0.2) is 0 Å². The van der Waals surface area contributed by atoms with E-state index in [0.717, 1.165) is 0 Å². The van der Waals surface area contributed by atoms with Crippen molar-refractivity contribution in [3.8, 4) is 0 Å².